The topological polar surface area (TPSA) is 69.6 Å². The van der Waals surface area contributed by atoms with Crippen LogP contribution in [0.3, 0.4) is 0 Å². The minimum absolute atomic E-state index is 0.0732. The molecule has 2 heterocycles. The number of aliphatic hydroxyl groups excluding tert-OH is 1. The van der Waals surface area contributed by atoms with E-state index in [4.69, 9.17) is 23.8 Å². The molecule has 7 heteroatoms. The highest BCUT2D eigenvalue weighted by Gasteiger charge is 2.59. The Morgan fingerprint density at radius 3 is 1.97 bits per heavy atom. The van der Waals surface area contributed by atoms with Crippen molar-refractivity contribution in [3.63, 3.8) is 0 Å². The zero-order chi connectivity index (χ0) is 22.8. The van der Waals surface area contributed by atoms with Crippen molar-refractivity contribution in [2.24, 2.45) is 5.92 Å². The van der Waals surface area contributed by atoms with Crippen LogP contribution in [0, 0.1) is 5.92 Å². The summed E-state index contributed by atoms with van der Waals surface area (Å²) in [5.41, 5.74) is 2.14. The Balaban J connectivity index is 1.34. The minimum atomic E-state index is -0.689. The predicted molar refractivity (Wildman–Crippen MR) is 121 cm³/mol. The summed E-state index contributed by atoms with van der Waals surface area (Å²) in [5, 5.41) is 13.2. The van der Waals surface area contributed by atoms with Crippen LogP contribution in [-0.2, 0) is 37.0 Å². The molecule has 0 radical (unpaired) electrons. The molecule has 2 aromatic rings. The lowest BCUT2D eigenvalue weighted by molar-refractivity contribution is -0.302. The van der Waals surface area contributed by atoms with E-state index in [9.17, 15) is 5.11 Å². The number of hydrogen-bond donors (Lipinski definition) is 1. The van der Waals surface area contributed by atoms with Gasteiger partial charge in [0.1, 0.15) is 12.2 Å². The van der Waals surface area contributed by atoms with Crippen molar-refractivity contribution < 1.29 is 28.9 Å². The monoisotopic (exact) mass is 455 g/mol. The van der Waals surface area contributed by atoms with Crippen LogP contribution < -0.4 is 0 Å². The highest BCUT2D eigenvalue weighted by atomic mass is 16.7. The molecular weight excluding hydrogens is 422 g/mol. The van der Waals surface area contributed by atoms with Gasteiger partial charge in [0.25, 0.3) is 0 Å². The molecule has 5 rings (SSSR count). The van der Waals surface area contributed by atoms with Crippen molar-refractivity contribution in [2.75, 3.05) is 19.8 Å². The fraction of sp³-hybridized carbons (Fsp3) is 0.538. The summed E-state index contributed by atoms with van der Waals surface area (Å²) < 4.78 is 24.5. The first-order valence-corrected chi connectivity index (χ1v) is 11.7. The molecule has 2 aliphatic heterocycles. The molecule has 5 atom stereocenters. The molecule has 33 heavy (non-hydrogen) atoms. The van der Waals surface area contributed by atoms with Gasteiger partial charge in [0.05, 0.1) is 51.2 Å². The molecule has 0 unspecified atom stereocenters. The Bertz CT molecular complexity index is 884. The normalized spacial score (nSPS) is 32.2. The smallest absolute Gasteiger partial charge is 0.162 e. The Morgan fingerprint density at radius 1 is 0.848 bits per heavy atom. The molecule has 1 N–H and O–H groups in total. The number of ether oxygens (including phenoxy) is 4. The molecule has 0 aromatic heterocycles. The minimum Gasteiger partial charge on any atom is -0.390 e. The number of aliphatic hydroxyl groups is 1. The summed E-state index contributed by atoms with van der Waals surface area (Å²) in [4.78, 5) is 6.07. The van der Waals surface area contributed by atoms with Crippen molar-refractivity contribution in [3.8, 4) is 0 Å². The van der Waals surface area contributed by atoms with Gasteiger partial charge in [-0.1, -0.05) is 60.7 Å². The second-order valence-electron chi connectivity index (χ2n) is 9.50. The average molecular weight is 456 g/mol. The summed E-state index contributed by atoms with van der Waals surface area (Å²) in [6.45, 7) is 6.08. The van der Waals surface area contributed by atoms with Gasteiger partial charge in [0.15, 0.2) is 5.79 Å². The number of rotatable bonds is 7. The third-order valence-electron chi connectivity index (χ3n) is 6.76. The Hall–Kier alpha value is -1.84. The van der Waals surface area contributed by atoms with Gasteiger partial charge in [-0.2, -0.15) is 5.06 Å². The molecule has 0 spiro atoms. The lowest BCUT2D eigenvalue weighted by atomic mass is 10.0. The Kier molecular flexibility index (Phi) is 6.81. The van der Waals surface area contributed by atoms with Gasteiger partial charge in [-0.05, 0) is 25.0 Å². The largest absolute Gasteiger partial charge is 0.390 e. The zero-order valence-electron chi connectivity index (χ0n) is 19.2. The van der Waals surface area contributed by atoms with Gasteiger partial charge in [0.2, 0.25) is 0 Å². The third kappa shape index (κ3) is 5.00. The molecule has 0 bridgehead atoms. The van der Waals surface area contributed by atoms with Gasteiger partial charge in [-0.15, -0.1) is 0 Å². The highest BCUT2D eigenvalue weighted by Crippen LogP contribution is 2.42. The van der Waals surface area contributed by atoms with Gasteiger partial charge in [-0.25, -0.2) is 0 Å². The number of nitrogens with zero attached hydrogens (tertiary/aromatic N) is 1. The summed E-state index contributed by atoms with van der Waals surface area (Å²) in [5.74, 6) is -0.712. The highest BCUT2D eigenvalue weighted by molar-refractivity contribution is 5.15. The zero-order valence-corrected chi connectivity index (χ0v) is 19.2. The van der Waals surface area contributed by atoms with Crippen LogP contribution in [0.2, 0.25) is 0 Å². The summed E-state index contributed by atoms with van der Waals surface area (Å²) in [6, 6.07) is 19.8. The van der Waals surface area contributed by atoms with E-state index in [1.54, 1.807) is 0 Å². The van der Waals surface area contributed by atoms with E-state index in [-0.39, 0.29) is 24.1 Å². The van der Waals surface area contributed by atoms with Crippen molar-refractivity contribution in [1.82, 2.24) is 5.06 Å². The van der Waals surface area contributed by atoms with Crippen molar-refractivity contribution >= 4 is 0 Å². The van der Waals surface area contributed by atoms with Crippen molar-refractivity contribution in [2.45, 2.75) is 63.2 Å². The van der Waals surface area contributed by atoms with Crippen LogP contribution in [0.15, 0.2) is 60.7 Å². The fourth-order valence-corrected chi connectivity index (χ4v) is 4.97. The van der Waals surface area contributed by atoms with E-state index in [1.165, 1.54) is 0 Å². The standard InChI is InChI=1S/C26H33NO6/c1-26(2)31-15-20(16-32-26)27-22-21(17-33-27)23(28)25(30-14-19-11-7-4-8-12-19)24(22)29-13-18-9-5-3-6-10-18/h3-12,20-25,28H,13-17H2,1-2H3/t21-,22+,23+,24-,25-/m0/s1. The number of fused-ring (bicyclic) bond motifs is 1. The molecule has 2 saturated heterocycles. The summed E-state index contributed by atoms with van der Waals surface area (Å²) >= 11 is 0. The Morgan fingerprint density at radius 2 is 1.39 bits per heavy atom. The lowest BCUT2D eigenvalue weighted by Crippen LogP contribution is -2.55. The van der Waals surface area contributed by atoms with E-state index in [2.05, 4.69) is 0 Å². The second kappa shape index (κ2) is 9.80. The number of benzene rings is 2. The summed E-state index contributed by atoms with van der Waals surface area (Å²) in [6.07, 6.45) is -1.50. The second-order valence-corrected chi connectivity index (χ2v) is 9.50. The van der Waals surface area contributed by atoms with Gasteiger partial charge in [0, 0.05) is 5.92 Å². The SMILES string of the molecule is CC1(C)OCC(N2OC[C@@H]3[C@@H](O)[C@H](OCc4ccccc4)[C@@H](OCc4ccccc4)[C@@H]32)CO1. The van der Waals surface area contributed by atoms with E-state index in [0.29, 0.717) is 33.0 Å². The quantitative estimate of drug-likeness (QED) is 0.688. The van der Waals surface area contributed by atoms with Gasteiger partial charge < -0.3 is 24.1 Å². The maximum absolute atomic E-state index is 11.2. The molecule has 0 amide bonds. The van der Waals surface area contributed by atoms with Gasteiger partial charge in [-0.3, -0.25) is 4.84 Å². The summed E-state index contributed by atoms with van der Waals surface area (Å²) in [7, 11) is 0. The Labute approximate surface area is 195 Å². The van der Waals surface area contributed by atoms with E-state index < -0.39 is 18.0 Å². The first kappa shape index (κ1) is 22.9. The fourth-order valence-electron chi connectivity index (χ4n) is 4.97. The average Bonchev–Trinajstić information content (AvgIpc) is 3.37. The van der Waals surface area contributed by atoms with Crippen molar-refractivity contribution in [1.29, 1.82) is 0 Å². The molecule has 1 saturated carbocycles. The predicted octanol–water partition coefficient (Wildman–Crippen LogP) is 2.92. The molecule has 7 nitrogen and oxygen atoms in total. The van der Waals surface area contributed by atoms with Gasteiger partial charge >= 0.3 is 0 Å². The van der Waals surface area contributed by atoms with Crippen LogP contribution >= 0.6 is 0 Å². The van der Waals surface area contributed by atoms with Crippen molar-refractivity contribution in [3.05, 3.63) is 71.8 Å². The number of hydrogen-bond acceptors (Lipinski definition) is 7. The van der Waals surface area contributed by atoms with Crippen LogP contribution in [0.5, 0.6) is 0 Å². The van der Waals surface area contributed by atoms with Crippen LogP contribution in [0.1, 0.15) is 25.0 Å². The lowest BCUT2D eigenvalue weighted by Gasteiger charge is -2.41. The van der Waals surface area contributed by atoms with Crippen LogP contribution in [-0.4, -0.2) is 66.2 Å². The maximum atomic E-state index is 11.2. The molecule has 178 valence electrons. The molecule has 1 aliphatic carbocycles. The van der Waals surface area contributed by atoms with E-state index >= 15 is 0 Å². The van der Waals surface area contributed by atoms with Crippen LogP contribution in [0.25, 0.3) is 0 Å². The van der Waals surface area contributed by atoms with E-state index in [0.717, 1.165) is 11.1 Å². The molecular formula is C26H33NO6. The molecule has 3 fully saturated rings. The van der Waals surface area contributed by atoms with E-state index in [1.807, 2.05) is 79.6 Å². The first-order chi connectivity index (χ1) is 16.0. The third-order valence-corrected chi connectivity index (χ3v) is 6.76. The maximum Gasteiger partial charge on any atom is 0.162 e. The first-order valence-electron chi connectivity index (χ1n) is 11.7. The number of hydroxylamine groups is 2. The molecule has 3 aliphatic rings. The van der Waals surface area contributed by atoms with Crippen LogP contribution in [0.4, 0.5) is 0 Å². The molecule has 2 aromatic carbocycles.